The topological polar surface area (TPSA) is 114 Å². The molecule has 8 nitrogen and oxygen atoms in total. The number of hydrogen-bond donors (Lipinski definition) is 2. The Hall–Kier alpha value is -3.03. The van der Waals surface area contributed by atoms with Gasteiger partial charge in [0.1, 0.15) is 11.6 Å². The van der Waals surface area contributed by atoms with Gasteiger partial charge in [0.15, 0.2) is 0 Å². The molecule has 1 atom stereocenters. The summed E-state index contributed by atoms with van der Waals surface area (Å²) in [4.78, 5) is 37.2. The van der Waals surface area contributed by atoms with Gasteiger partial charge in [0.2, 0.25) is 0 Å². The van der Waals surface area contributed by atoms with E-state index in [1.807, 2.05) is 6.92 Å². The number of pyridine rings is 1. The number of aryl methyl sites for hydroxylation is 2. The van der Waals surface area contributed by atoms with Crippen LogP contribution in [0.2, 0.25) is 0 Å². The number of hydrogen-bond acceptors (Lipinski definition) is 7. The first-order valence-electron chi connectivity index (χ1n) is 12.5. The second-order valence-corrected chi connectivity index (χ2v) is 9.31. The number of carbonyl (C=O) groups is 2. The maximum absolute atomic E-state index is 12.7. The molecule has 182 valence electrons. The molecule has 2 aromatic heterocycles. The number of carbonyl (C=O) groups excluding carboxylic acids is 1. The molecule has 0 unspecified atom stereocenters. The maximum atomic E-state index is 12.7. The fraction of sp³-hybridized carbons (Fsp3) is 0.577. The molecular weight excluding hydrogens is 432 g/mol. The summed E-state index contributed by atoms with van der Waals surface area (Å²) in [6.07, 6.45) is 10.9. The third kappa shape index (κ3) is 6.52. The van der Waals surface area contributed by atoms with Crippen LogP contribution in [-0.4, -0.2) is 45.0 Å². The summed E-state index contributed by atoms with van der Waals surface area (Å²) in [5.41, 5.74) is 4.58. The number of nitrogens with zero attached hydrogens (tertiary/aromatic N) is 3. The molecule has 3 heterocycles. The lowest BCUT2D eigenvalue weighted by Crippen LogP contribution is -2.15. The molecule has 0 amide bonds. The van der Waals surface area contributed by atoms with E-state index in [9.17, 15) is 14.7 Å². The molecule has 0 radical (unpaired) electrons. The first-order valence-corrected chi connectivity index (χ1v) is 12.5. The molecule has 1 aliphatic carbocycles. The summed E-state index contributed by atoms with van der Waals surface area (Å²) in [5, 5.41) is 12.7. The summed E-state index contributed by atoms with van der Waals surface area (Å²) in [7, 11) is 0. The first-order chi connectivity index (χ1) is 16.5. The molecule has 1 saturated carbocycles. The van der Waals surface area contributed by atoms with Crippen LogP contribution in [0.4, 0.5) is 5.82 Å². The second kappa shape index (κ2) is 11.4. The number of aliphatic carboxylic acids is 1. The molecule has 2 aromatic rings. The predicted octanol–water partition coefficient (Wildman–Crippen LogP) is 4.44. The van der Waals surface area contributed by atoms with Gasteiger partial charge in [-0.3, -0.25) is 9.59 Å². The standard InChI is InChI=1S/C26H34N4O4/c1-2-34-26-28-15-20(16-29-26)19(14-24(32)33)12-21(31)7-3-4-8-23-22(17-9-10-17)13-18-6-5-11-27-25(18)30-23/h13,15-17,19H,2-12,14H2,1H3,(H,27,30)(H,32,33)/t19-/m1/s1. The summed E-state index contributed by atoms with van der Waals surface area (Å²) < 4.78 is 5.25. The van der Waals surface area contributed by atoms with Crippen LogP contribution in [-0.2, 0) is 22.4 Å². The number of Topliss-reactive ketones (excluding diaryl/α,β-unsaturated/α-hetero) is 1. The summed E-state index contributed by atoms with van der Waals surface area (Å²) >= 11 is 0. The van der Waals surface area contributed by atoms with Crippen molar-refractivity contribution in [1.29, 1.82) is 0 Å². The summed E-state index contributed by atoms with van der Waals surface area (Å²) in [6.45, 7) is 3.28. The molecule has 1 aliphatic heterocycles. The largest absolute Gasteiger partial charge is 0.481 e. The van der Waals surface area contributed by atoms with Gasteiger partial charge in [0.25, 0.3) is 0 Å². The Morgan fingerprint density at radius 1 is 1.21 bits per heavy atom. The average molecular weight is 467 g/mol. The van der Waals surface area contributed by atoms with Gasteiger partial charge in [-0.05, 0) is 74.5 Å². The molecule has 1 fully saturated rings. The van der Waals surface area contributed by atoms with Crippen molar-refractivity contribution in [3.63, 3.8) is 0 Å². The number of anilines is 1. The molecule has 0 spiro atoms. The van der Waals surface area contributed by atoms with E-state index in [4.69, 9.17) is 9.72 Å². The van der Waals surface area contributed by atoms with Gasteiger partial charge in [-0.2, -0.15) is 0 Å². The Kier molecular flexibility index (Phi) is 8.08. The van der Waals surface area contributed by atoms with E-state index in [0.717, 1.165) is 44.5 Å². The molecular formula is C26H34N4O4. The van der Waals surface area contributed by atoms with Gasteiger partial charge in [-0.15, -0.1) is 0 Å². The van der Waals surface area contributed by atoms with E-state index >= 15 is 0 Å². The molecule has 8 heteroatoms. The highest BCUT2D eigenvalue weighted by Crippen LogP contribution is 2.43. The first kappa shape index (κ1) is 24.1. The Morgan fingerprint density at radius 3 is 2.71 bits per heavy atom. The van der Waals surface area contributed by atoms with Crippen LogP contribution in [0.3, 0.4) is 0 Å². The lowest BCUT2D eigenvalue weighted by atomic mass is 9.91. The molecule has 34 heavy (non-hydrogen) atoms. The Morgan fingerprint density at radius 2 is 2.00 bits per heavy atom. The molecule has 0 aromatic carbocycles. The van der Waals surface area contributed by atoms with Crippen molar-refractivity contribution < 1.29 is 19.4 Å². The summed E-state index contributed by atoms with van der Waals surface area (Å²) in [6, 6.07) is 2.62. The van der Waals surface area contributed by atoms with E-state index in [0.29, 0.717) is 24.5 Å². The third-order valence-electron chi connectivity index (χ3n) is 6.55. The SMILES string of the molecule is CCOc1ncc([C@@H](CC(=O)O)CC(=O)CCCCc2nc3c(cc2C2CC2)CCCN3)cn1. The van der Waals surface area contributed by atoms with Crippen LogP contribution in [0, 0.1) is 0 Å². The van der Waals surface area contributed by atoms with E-state index < -0.39 is 11.9 Å². The van der Waals surface area contributed by atoms with Crippen LogP contribution >= 0.6 is 0 Å². The number of aromatic nitrogens is 3. The fourth-order valence-corrected chi connectivity index (χ4v) is 4.64. The molecule has 4 rings (SSSR count). The maximum Gasteiger partial charge on any atom is 0.316 e. The molecule has 2 aliphatic rings. The zero-order valence-corrected chi connectivity index (χ0v) is 19.9. The number of rotatable bonds is 13. The lowest BCUT2D eigenvalue weighted by Gasteiger charge is -2.20. The van der Waals surface area contributed by atoms with Crippen molar-refractivity contribution in [2.24, 2.45) is 0 Å². The molecule has 0 bridgehead atoms. The van der Waals surface area contributed by atoms with Crippen molar-refractivity contribution in [2.75, 3.05) is 18.5 Å². The fourth-order valence-electron chi connectivity index (χ4n) is 4.64. The van der Waals surface area contributed by atoms with Crippen LogP contribution in [0.1, 0.15) is 92.5 Å². The summed E-state index contributed by atoms with van der Waals surface area (Å²) in [5.74, 6) is 0.393. The minimum Gasteiger partial charge on any atom is -0.481 e. The zero-order chi connectivity index (χ0) is 23.9. The van der Waals surface area contributed by atoms with Crippen LogP contribution in [0.25, 0.3) is 0 Å². The Balaban J connectivity index is 1.30. The Labute approximate surface area is 200 Å². The number of nitrogens with one attached hydrogen (secondary N) is 1. The van der Waals surface area contributed by atoms with E-state index in [1.165, 1.54) is 29.7 Å². The highest BCUT2D eigenvalue weighted by Gasteiger charge is 2.28. The van der Waals surface area contributed by atoms with Gasteiger partial charge < -0.3 is 15.2 Å². The van der Waals surface area contributed by atoms with Gasteiger partial charge in [-0.1, -0.05) is 6.07 Å². The third-order valence-corrected chi connectivity index (χ3v) is 6.55. The molecule has 2 N–H and O–H groups in total. The van der Waals surface area contributed by atoms with E-state index in [2.05, 4.69) is 21.4 Å². The lowest BCUT2D eigenvalue weighted by molar-refractivity contribution is -0.137. The molecule has 0 saturated heterocycles. The normalized spacial score (nSPS) is 15.8. The van der Waals surface area contributed by atoms with Crippen molar-refractivity contribution in [3.05, 3.63) is 40.8 Å². The Bertz CT molecular complexity index is 1000. The van der Waals surface area contributed by atoms with Gasteiger partial charge in [0.05, 0.1) is 13.0 Å². The number of carboxylic acids is 1. The zero-order valence-electron chi connectivity index (χ0n) is 19.9. The van der Waals surface area contributed by atoms with E-state index in [-0.39, 0.29) is 24.6 Å². The number of carboxylic acid groups (broad SMARTS) is 1. The number of unbranched alkanes of at least 4 members (excludes halogenated alkanes) is 1. The minimum atomic E-state index is -0.939. The van der Waals surface area contributed by atoms with Crippen molar-refractivity contribution in [1.82, 2.24) is 15.0 Å². The van der Waals surface area contributed by atoms with Crippen molar-refractivity contribution in [3.8, 4) is 6.01 Å². The van der Waals surface area contributed by atoms with Crippen LogP contribution in [0.15, 0.2) is 18.5 Å². The van der Waals surface area contributed by atoms with Gasteiger partial charge in [0, 0.05) is 43.4 Å². The second-order valence-electron chi connectivity index (χ2n) is 9.31. The minimum absolute atomic E-state index is 0.0719. The van der Waals surface area contributed by atoms with Crippen molar-refractivity contribution in [2.45, 2.75) is 83.0 Å². The number of ether oxygens (including phenoxy) is 1. The highest BCUT2D eigenvalue weighted by molar-refractivity contribution is 5.80. The average Bonchev–Trinajstić information content (AvgIpc) is 3.67. The number of ketones is 1. The quantitative estimate of drug-likeness (QED) is 0.417. The monoisotopic (exact) mass is 466 g/mol. The van der Waals surface area contributed by atoms with Crippen LogP contribution < -0.4 is 10.1 Å². The van der Waals surface area contributed by atoms with Crippen molar-refractivity contribution >= 4 is 17.6 Å². The van der Waals surface area contributed by atoms with Gasteiger partial charge in [-0.25, -0.2) is 15.0 Å². The van der Waals surface area contributed by atoms with E-state index in [1.54, 1.807) is 12.4 Å². The number of fused-ring (bicyclic) bond motifs is 1. The smallest absolute Gasteiger partial charge is 0.316 e. The highest BCUT2D eigenvalue weighted by atomic mass is 16.5. The van der Waals surface area contributed by atoms with Crippen LogP contribution in [0.5, 0.6) is 6.01 Å². The van der Waals surface area contributed by atoms with Gasteiger partial charge >= 0.3 is 12.0 Å². The predicted molar refractivity (Wildman–Crippen MR) is 128 cm³/mol.